The van der Waals surface area contributed by atoms with Crippen LogP contribution in [-0.2, 0) is 9.53 Å². The highest BCUT2D eigenvalue weighted by Crippen LogP contribution is 2.42. The molecule has 3 atom stereocenters. The molecule has 2 aliphatic rings. The van der Waals surface area contributed by atoms with Gasteiger partial charge in [0.1, 0.15) is 5.78 Å². The van der Waals surface area contributed by atoms with Crippen LogP contribution >= 0.6 is 0 Å². The molecule has 80 valence electrons. The molecule has 3 unspecified atom stereocenters. The molecule has 1 saturated carbocycles. The van der Waals surface area contributed by atoms with Crippen molar-refractivity contribution in [2.75, 3.05) is 0 Å². The van der Waals surface area contributed by atoms with Crippen molar-refractivity contribution in [2.24, 2.45) is 11.3 Å². The molecule has 1 aliphatic heterocycles. The average Bonchev–Trinajstić information content (AvgIpc) is 2.94. The Kier molecular flexibility index (Phi) is 2.42. The number of ketones is 1. The molecule has 2 nitrogen and oxygen atoms in total. The van der Waals surface area contributed by atoms with E-state index in [1.807, 2.05) is 0 Å². The Morgan fingerprint density at radius 1 is 1.36 bits per heavy atom. The van der Waals surface area contributed by atoms with E-state index in [1.165, 1.54) is 0 Å². The van der Waals surface area contributed by atoms with Crippen molar-refractivity contribution < 1.29 is 9.53 Å². The van der Waals surface area contributed by atoms with E-state index in [4.69, 9.17) is 4.74 Å². The molecule has 1 heterocycles. The Balaban J connectivity index is 1.97. The van der Waals surface area contributed by atoms with Gasteiger partial charge < -0.3 is 4.74 Å². The lowest BCUT2D eigenvalue weighted by Gasteiger charge is -2.28. The molecular formula is C12H20O2. The predicted molar refractivity (Wildman–Crippen MR) is 55.1 cm³/mol. The topological polar surface area (TPSA) is 29.6 Å². The predicted octanol–water partition coefficient (Wildman–Crippen LogP) is 2.56. The molecule has 2 fully saturated rings. The Hall–Kier alpha value is -0.370. The summed E-state index contributed by atoms with van der Waals surface area (Å²) in [4.78, 5) is 12.2. The maximum atomic E-state index is 12.2. The highest BCUT2D eigenvalue weighted by atomic mass is 16.6. The Morgan fingerprint density at radius 2 is 2.07 bits per heavy atom. The molecule has 0 amide bonds. The van der Waals surface area contributed by atoms with Crippen LogP contribution in [0.2, 0.25) is 0 Å². The highest BCUT2D eigenvalue weighted by molar-refractivity contribution is 5.86. The number of hydrogen-bond acceptors (Lipinski definition) is 2. The van der Waals surface area contributed by atoms with E-state index in [9.17, 15) is 4.79 Å². The largest absolute Gasteiger partial charge is 0.370 e. The fourth-order valence-electron chi connectivity index (χ4n) is 2.37. The van der Waals surface area contributed by atoms with E-state index in [-0.39, 0.29) is 11.3 Å². The lowest BCUT2D eigenvalue weighted by molar-refractivity contribution is -0.132. The monoisotopic (exact) mass is 196 g/mol. The van der Waals surface area contributed by atoms with E-state index < -0.39 is 0 Å². The third-order valence-corrected chi connectivity index (χ3v) is 3.93. The SMILES string of the molecule is CCC(C)(C)C(=O)C1CCC2OC2C1. The lowest BCUT2D eigenvalue weighted by atomic mass is 9.74. The van der Waals surface area contributed by atoms with E-state index in [1.54, 1.807) is 0 Å². The summed E-state index contributed by atoms with van der Waals surface area (Å²) < 4.78 is 5.45. The zero-order valence-electron chi connectivity index (χ0n) is 9.38. The standard InChI is InChI=1S/C12H20O2/c1-4-12(2,3)11(13)8-5-6-9-10(7-8)14-9/h8-10H,4-7H2,1-3H3. The van der Waals surface area contributed by atoms with Crippen molar-refractivity contribution in [1.82, 2.24) is 0 Å². The summed E-state index contributed by atoms with van der Waals surface area (Å²) in [6.07, 6.45) is 4.99. The molecule has 14 heavy (non-hydrogen) atoms. The molecule has 0 N–H and O–H groups in total. The Morgan fingerprint density at radius 3 is 2.64 bits per heavy atom. The van der Waals surface area contributed by atoms with E-state index in [2.05, 4.69) is 20.8 Å². The van der Waals surface area contributed by atoms with Gasteiger partial charge in [-0.3, -0.25) is 4.79 Å². The fraction of sp³-hybridized carbons (Fsp3) is 0.917. The second kappa shape index (κ2) is 3.34. The van der Waals surface area contributed by atoms with Crippen LogP contribution in [0, 0.1) is 11.3 Å². The van der Waals surface area contributed by atoms with Crippen LogP contribution in [0.4, 0.5) is 0 Å². The van der Waals surface area contributed by atoms with Crippen LogP contribution in [0.15, 0.2) is 0 Å². The van der Waals surface area contributed by atoms with Gasteiger partial charge in [0, 0.05) is 11.3 Å². The Labute approximate surface area is 86.0 Å². The number of carbonyl (C=O) groups excluding carboxylic acids is 1. The first-order valence-corrected chi connectivity index (χ1v) is 5.74. The molecular weight excluding hydrogens is 176 g/mol. The third-order valence-electron chi connectivity index (χ3n) is 3.93. The lowest BCUT2D eigenvalue weighted by Crippen LogP contribution is -2.33. The number of rotatable bonds is 3. The molecule has 2 rings (SSSR count). The van der Waals surface area contributed by atoms with Crippen molar-refractivity contribution in [2.45, 2.75) is 58.7 Å². The van der Waals surface area contributed by atoms with Crippen LogP contribution < -0.4 is 0 Å². The van der Waals surface area contributed by atoms with Gasteiger partial charge in [0.05, 0.1) is 12.2 Å². The van der Waals surface area contributed by atoms with Gasteiger partial charge in [-0.05, 0) is 25.7 Å². The van der Waals surface area contributed by atoms with Crippen LogP contribution in [0.1, 0.15) is 46.5 Å². The van der Waals surface area contributed by atoms with Gasteiger partial charge in [0.2, 0.25) is 0 Å². The Bertz CT molecular complexity index is 245. The molecule has 0 radical (unpaired) electrons. The van der Waals surface area contributed by atoms with E-state index >= 15 is 0 Å². The first-order chi connectivity index (χ1) is 6.54. The quantitative estimate of drug-likeness (QED) is 0.649. The van der Waals surface area contributed by atoms with Crippen LogP contribution in [0.5, 0.6) is 0 Å². The molecule has 1 saturated heterocycles. The molecule has 0 aromatic heterocycles. The number of hydrogen-bond donors (Lipinski definition) is 0. The van der Waals surface area contributed by atoms with Crippen molar-refractivity contribution in [1.29, 1.82) is 0 Å². The minimum absolute atomic E-state index is 0.133. The van der Waals surface area contributed by atoms with E-state index in [0.29, 0.717) is 18.0 Å². The molecule has 1 aliphatic carbocycles. The maximum Gasteiger partial charge on any atom is 0.141 e. The van der Waals surface area contributed by atoms with Crippen molar-refractivity contribution in [3.05, 3.63) is 0 Å². The van der Waals surface area contributed by atoms with E-state index in [0.717, 1.165) is 25.7 Å². The molecule has 2 heteroatoms. The zero-order chi connectivity index (χ0) is 10.3. The smallest absolute Gasteiger partial charge is 0.141 e. The summed E-state index contributed by atoms with van der Waals surface area (Å²) in [6.45, 7) is 6.22. The van der Waals surface area contributed by atoms with Gasteiger partial charge in [0.25, 0.3) is 0 Å². The maximum absolute atomic E-state index is 12.2. The summed E-state index contributed by atoms with van der Waals surface area (Å²) in [5, 5.41) is 0. The second-order valence-corrected chi connectivity index (χ2v) is 5.32. The van der Waals surface area contributed by atoms with Crippen LogP contribution in [-0.4, -0.2) is 18.0 Å². The molecule has 0 aromatic carbocycles. The number of carbonyl (C=O) groups is 1. The first kappa shape index (κ1) is 10.2. The number of ether oxygens (including phenoxy) is 1. The summed E-state index contributed by atoms with van der Waals surface area (Å²) in [5.41, 5.74) is -0.133. The number of epoxide rings is 1. The van der Waals surface area contributed by atoms with Gasteiger partial charge >= 0.3 is 0 Å². The van der Waals surface area contributed by atoms with Gasteiger partial charge in [0.15, 0.2) is 0 Å². The number of Topliss-reactive ketones (excluding diaryl/α,β-unsaturated/α-hetero) is 1. The molecule has 0 bridgehead atoms. The number of fused-ring (bicyclic) bond motifs is 1. The normalized spacial score (nSPS) is 36.4. The summed E-state index contributed by atoms with van der Waals surface area (Å²) >= 11 is 0. The van der Waals surface area contributed by atoms with Gasteiger partial charge in [-0.2, -0.15) is 0 Å². The van der Waals surface area contributed by atoms with Crippen LogP contribution in [0.3, 0.4) is 0 Å². The van der Waals surface area contributed by atoms with Gasteiger partial charge in [-0.15, -0.1) is 0 Å². The van der Waals surface area contributed by atoms with Crippen molar-refractivity contribution >= 4 is 5.78 Å². The van der Waals surface area contributed by atoms with Crippen LogP contribution in [0.25, 0.3) is 0 Å². The van der Waals surface area contributed by atoms with Crippen molar-refractivity contribution in [3.63, 3.8) is 0 Å². The second-order valence-electron chi connectivity index (χ2n) is 5.32. The van der Waals surface area contributed by atoms with Gasteiger partial charge in [-0.25, -0.2) is 0 Å². The minimum atomic E-state index is -0.133. The minimum Gasteiger partial charge on any atom is -0.370 e. The zero-order valence-corrected chi connectivity index (χ0v) is 9.38. The summed E-state index contributed by atoms with van der Waals surface area (Å²) in [7, 11) is 0. The summed E-state index contributed by atoms with van der Waals surface area (Å²) in [6, 6.07) is 0. The fourth-order valence-corrected chi connectivity index (χ4v) is 2.37. The molecule has 0 aromatic rings. The first-order valence-electron chi connectivity index (χ1n) is 5.74. The third kappa shape index (κ3) is 1.72. The average molecular weight is 196 g/mol. The van der Waals surface area contributed by atoms with Gasteiger partial charge in [-0.1, -0.05) is 20.8 Å². The summed E-state index contributed by atoms with van der Waals surface area (Å²) in [5.74, 6) is 0.725. The molecule has 0 spiro atoms. The highest BCUT2D eigenvalue weighted by Gasteiger charge is 2.47. The van der Waals surface area contributed by atoms with Crippen molar-refractivity contribution in [3.8, 4) is 0 Å².